The van der Waals surface area contributed by atoms with Gasteiger partial charge in [0, 0.05) is 12.3 Å². The van der Waals surface area contributed by atoms with Gasteiger partial charge in [-0.05, 0) is 31.2 Å². The van der Waals surface area contributed by atoms with E-state index in [0.29, 0.717) is 17.8 Å². The Morgan fingerprint density at radius 1 is 1.11 bits per heavy atom. The van der Waals surface area contributed by atoms with Gasteiger partial charge in [-0.25, -0.2) is 8.78 Å². The average molecular weight is 263 g/mol. The minimum absolute atomic E-state index is 0.372. The third kappa shape index (κ3) is 3.32. The fourth-order valence-corrected chi connectivity index (χ4v) is 1.89. The molecule has 5 heteroatoms. The summed E-state index contributed by atoms with van der Waals surface area (Å²) in [6, 6.07) is 3.09. The Bertz CT molecular complexity index is 535. The second kappa shape index (κ2) is 5.84. The summed E-state index contributed by atoms with van der Waals surface area (Å²) < 4.78 is 26.6. The smallest absolute Gasteiger partial charge is 0.126 e. The largest absolute Gasteiger partial charge is 0.305 e. The fourth-order valence-electron chi connectivity index (χ4n) is 1.89. The SMILES string of the molecule is CCNC(c1cc(F)cc(F)c1)c1cnc(C)cn1. The normalized spacial score (nSPS) is 12.4. The number of halogens is 2. The van der Waals surface area contributed by atoms with Gasteiger partial charge in [-0.15, -0.1) is 0 Å². The maximum absolute atomic E-state index is 13.3. The van der Waals surface area contributed by atoms with Crippen LogP contribution in [0.3, 0.4) is 0 Å². The van der Waals surface area contributed by atoms with Gasteiger partial charge in [-0.3, -0.25) is 9.97 Å². The van der Waals surface area contributed by atoms with Crippen LogP contribution in [0.1, 0.15) is 29.9 Å². The van der Waals surface area contributed by atoms with Gasteiger partial charge in [0.25, 0.3) is 0 Å². The Morgan fingerprint density at radius 3 is 2.32 bits per heavy atom. The lowest BCUT2D eigenvalue weighted by Gasteiger charge is -2.17. The first kappa shape index (κ1) is 13.5. The molecule has 19 heavy (non-hydrogen) atoms. The van der Waals surface area contributed by atoms with Crippen molar-refractivity contribution >= 4 is 0 Å². The Labute approximate surface area is 110 Å². The molecule has 0 spiro atoms. The highest BCUT2D eigenvalue weighted by Crippen LogP contribution is 2.21. The lowest BCUT2D eigenvalue weighted by Crippen LogP contribution is -2.23. The second-order valence-corrected chi connectivity index (χ2v) is 4.28. The third-order valence-electron chi connectivity index (χ3n) is 2.72. The van der Waals surface area contributed by atoms with Gasteiger partial charge >= 0.3 is 0 Å². The number of rotatable bonds is 4. The van der Waals surface area contributed by atoms with Crippen molar-refractivity contribution < 1.29 is 8.78 Å². The molecule has 1 heterocycles. The molecule has 2 rings (SSSR count). The fraction of sp³-hybridized carbons (Fsp3) is 0.286. The minimum Gasteiger partial charge on any atom is -0.305 e. The molecule has 2 aromatic rings. The van der Waals surface area contributed by atoms with E-state index in [-0.39, 0.29) is 6.04 Å². The highest BCUT2D eigenvalue weighted by molar-refractivity contribution is 5.28. The van der Waals surface area contributed by atoms with Crippen molar-refractivity contribution in [1.29, 1.82) is 0 Å². The van der Waals surface area contributed by atoms with E-state index in [2.05, 4.69) is 15.3 Å². The van der Waals surface area contributed by atoms with Crippen LogP contribution < -0.4 is 5.32 Å². The maximum Gasteiger partial charge on any atom is 0.126 e. The molecule has 1 aromatic heterocycles. The van der Waals surface area contributed by atoms with E-state index in [4.69, 9.17) is 0 Å². The monoisotopic (exact) mass is 263 g/mol. The van der Waals surface area contributed by atoms with Crippen molar-refractivity contribution in [3.05, 3.63) is 59.2 Å². The Hall–Kier alpha value is -1.88. The quantitative estimate of drug-likeness (QED) is 0.921. The van der Waals surface area contributed by atoms with Crippen LogP contribution in [0.4, 0.5) is 8.78 Å². The highest BCUT2D eigenvalue weighted by Gasteiger charge is 2.16. The number of aryl methyl sites for hydroxylation is 1. The first-order chi connectivity index (χ1) is 9.10. The number of nitrogens with one attached hydrogen (secondary N) is 1. The molecule has 100 valence electrons. The van der Waals surface area contributed by atoms with Crippen LogP contribution in [-0.4, -0.2) is 16.5 Å². The van der Waals surface area contributed by atoms with Crippen molar-refractivity contribution in [3.63, 3.8) is 0 Å². The minimum atomic E-state index is -0.599. The molecule has 0 aliphatic rings. The zero-order valence-corrected chi connectivity index (χ0v) is 10.8. The Balaban J connectivity index is 2.41. The van der Waals surface area contributed by atoms with Crippen molar-refractivity contribution in [2.45, 2.75) is 19.9 Å². The molecule has 1 N–H and O–H groups in total. The lowest BCUT2D eigenvalue weighted by atomic mass is 10.0. The van der Waals surface area contributed by atoms with E-state index in [0.717, 1.165) is 11.8 Å². The number of hydrogen-bond acceptors (Lipinski definition) is 3. The molecule has 0 amide bonds. The molecule has 0 saturated carbocycles. The predicted octanol–water partition coefficient (Wildman–Crippen LogP) is 2.76. The second-order valence-electron chi connectivity index (χ2n) is 4.28. The summed E-state index contributed by atoms with van der Waals surface area (Å²) in [6.07, 6.45) is 3.25. The molecule has 0 aliphatic carbocycles. The van der Waals surface area contributed by atoms with Crippen LogP contribution in [0.5, 0.6) is 0 Å². The van der Waals surface area contributed by atoms with Crippen molar-refractivity contribution in [2.75, 3.05) is 6.54 Å². The first-order valence-electron chi connectivity index (χ1n) is 6.08. The van der Waals surface area contributed by atoms with Crippen LogP contribution >= 0.6 is 0 Å². The number of nitrogens with zero attached hydrogens (tertiary/aromatic N) is 2. The van der Waals surface area contributed by atoms with Crippen LogP contribution in [0, 0.1) is 18.6 Å². The zero-order chi connectivity index (χ0) is 13.8. The van der Waals surface area contributed by atoms with Crippen molar-refractivity contribution in [2.24, 2.45) is 0 Å². The van der Waals surface area contributed by atoms with E-state index in [1.807, 2.05) is 13.8 Å². The molecule has 3 nitrogen and oxygen atoms in total. The van der Waals surface area contributed by atoms with Crippen LogP contribution in [0.25, 0.3) is 0 Å². The van der Waals surface area contributed by atoms with Crippen LogP contribution in [-0.2, 0) is 0 Å². The lowest BCUT2D eigenvalue weighted by molar-refractivity contribution is 0.561. The molecule has 1 aromatic carbocycles. The number of benzene rings is 1. The molecule has 0 saturated heterocycles. The zero-order valence-electron chi connectivity index (χ0n) is 10.8. The van der Waals surface area contributed by atoms with E-state index in [1.165, 1.54) is 12.1 Å². The summed E-state index contributed by atoms with van der Waals surface area (Å²) in [5.41, 5.74) is 1.93. The summed E-state index contributed by atoms with van der Waals surface area (Å²) in [5, 5.41) is 3.15. The molecule has 1 unspecified atom stereocenters. The van der Waals surface area contributed by atoms with E-state index < -0.39 is 11.6 Å². The van der Waals surface area contributed by atoms with Gasteiger partial charge in [-0.1, -0.05) is 6.92 Å². The van der Waals surface area contributed by atoms with Crippen LogP contribution in [0.15, 0.2) is 30.6 Å². The third-order valence-corrected chi connectivity index (χ3v) is 2.72. The summed E-state index contributed by atoms with van der Waals surface area (Å²) in [4.78, 5) is 8.43. The standard InChI is InChI=1S/C14H15F2N3/c1-3-17-14(13-8-18-9(2)7-19-13)10-4-11(15)6-12(16)5-10/h4-8,14,17H,3H2,1-2H3. The van der Waals surface area contributed by atoms with Crippen molar-refractivity contribution in [3.8, 4) is 0 Å². The van der Waals surface area contributed by atoms with Gasteiger partial charge in [-0.2, -0.15) is 0 Å². The van der Waals surface area contributed by atoms with Crippen molar-refractivity contribution in [1.82, 2.24) is 15.3 Å². The summed E-state index contributed by atoms with van der Waals surface area (Å²) in [5.74, 6) is -1.20. The molecule has 1 atom stereocenters. The molecule has 0 fully saturated rings. The predicted molar refractivity (Wildman–Crippen MR) is 68.6 cm³/mol. The van der Waals surface area contributed by atoms with Gasteiger partial charge in [0.05, 0.1) is 23.6 Å². The first-order valence-corrected chi connectivity index (χ1v) is 6.08. The molecule has 0 bridgehead atoms. The van der Waals surface area contributed by atoms with Gasteiger partial charge in [0.2, 0.25) is 0 Å². The number of hydrogen-bond donors (Lipinski definition) is 1. The Kier molecular flexibility index (Phi) is 4.16. The van der Waals surface area contributed by atoms with Gasteiger partial charge < -0.3 is 5.32 Å². The maximum atomic E-state index is 13.3. The molecular formula is C14H15F2N3. The molecule has 0 radical (unpaired) electrons. The van der Waals surface area contributed by atoms with Gasteiger partial charge in [0.15, 0.2) is 0 Å². The van der Waals surface area contributed by atoms with E-state index in [9.17, 15) is 8.78 Å². The number of aromatic nitrogens is 2. The van der Waals surface area contributed by atoms with Crippen LogP contribution in [0.2, 0.25) is 0 Å². The molecular weight excluding hydrogens is 248 g/mol. The highest BCUT2D eigenvalue weighted by atomic mass is 19.1. The molecule has 0 aliphatic heterocycles. The van der Waals surface area contributed by atoms with E-state index >= 15 is 0 Å². The topological polar surface area (TPSA) is 37.8 Å². The van der Waals surface area contributed by atoms with Gasteiger partial charge in [0.1, 0.15) is 11.6 Å². The average Bonchev–Trinajstić information content (AvgIpc) is 2.36. The summed E-state index contributed by atoms with van der Waals surface area (Å²) in [6.45, 7) is 4.41. The Morgan fingerprint density at radius 2 is 1.79 bits per heavy atom. The summed E-state index contributed by atoms with van der Waals surface area (Å²) >= 11 is 0. The summed E-state index contributed by atoms with van der Waals surface area (Å²) in [7, 11) is 0. The van der Waals surface area contributed by atoms with E-state index in [1.54, 1.807) is 12.4 Å².